The second kappa shape index (κ2) is 8.76. The molecule has 0 heterocycles. The van der Waals surface area contributed by atoms with Crippen LogP contribution in [0.25, 0.3) is 0 Å². The Morgan fingerprint density at radius 2 is 1.96 bits per heavy atom. The number of nitrogens with one attached hydrogen (secondary N) is 2. The molecule has 0 saturated heterocycles. The van der Waals surface area contributed by atoms with Crippen molar-refractivity contribution in [2.45, 2.75) is 13.3 Å². The molecule has 0 aliphatic rings. The maximum Gasteiger partial charge on any atom is 0.319 e. The van der Waals surface area contributed by atoms with Gasteiger partial charge in [0, 0.05) is 6.54 Å². The minimum atomic E-state index is -0.469. The van der Waals surface area contributed by atoms with E-state index in [4.69, 9.17) is 9.47 Å². The molecular weight excluding hydrogens is 311 g/mol. The van der Waals surface area contributed by atoms with Gasteiger partial charge in [0.2, 0.25) is 0 Å². The van der Waals surface area contributed by atoms with Gasteiger partial charge in [-0.2, -0.15) is 0 Å². The molecule has 0 radical (unpaired) electrons. The summed E-state index contributed by atoms with van der Waals surface area (Å²) >= 11 is 0. The van der Waals surface area contributed by atoms with E-state index in [2.05, 4.69) is 10.6 Å². The van der Waals surface area contributed by atoms with Crippen LogP contribution in [-0.4, -0.2) is 26.3 Å². The summed E-state index contributed by atoms with van der Waals surface area (Å²) in [6.07, 6.45) is 0.619. The standard InChI is InChI=1S/C18H21FN2O3/c1-3-24-16-9-8-13(12-17(16)23-2)10-11-20-18(22)21-15-7-5-4-6-14(15)19/h4-9,12H,3,10-11H2,1-2H3,(H2,20,21,22). The third kappa shape index (κ3) is 4.87. The van der Waals surface area contributed by atoms with E-state index in [1.807, 2.05) is 25.1 Å². The Bertz CT molecular complexity index is 692. The molecule has 0 spiro atoms. The zero-order valence-corrected chi connectivity index (χ0v) is 13.8. The Balaban J connectivity index is 1.85. The summed E-state index contributed by atoms with van der Waals surface area (Å²) in [4.78, 5) is 11.8. The van der Waals surface area contributed by atoms with E-state index in [0.29, 0.717) is 31.1 Å². The van der Waals surface area contributed by atoms with E-state index in [0.717, 1.165) is 5.56 Å². The second-order valence-corrected chi connectivity index (χ2v) is 5.03. The molecule has 2 amide bonds. The van der Waals surface area contributed by atoms with E-state index in [1.165, 1.54) is 12.1 Å². The average Bonchev–Trinajstić information content (AvgIpc) is 2.58. The minimum Gasteiger partial charge on any atom is -0.493 e. The molecule has 0 unspecified atom stereocenters. The van der Waals surface area contributed by atoms with E-state index in [9.17, 15) is 9.18 Å². The Kier molecular flexibility index (Phi) is 6.42. The van der Waals surface area contributed by atoms with Crippen LogP contribution >= 0.6 is 0 Å². The molecule has 2 aromatic rings. The molecule has 0 atom stereocenters. The number of urea groups is 1. The largest absolute Gasteiger partial charge is 0.493 e. The van der Waals surface area contributed by atoms with Crippen LogP contribution in [0, 0.1) is 5.82 Å². The molecule has 0 saturated carbocycles. The number of carbonyl (C=O) groups excluding carboxylic acids is 1. The highest BCUT2D eigenvalue weighted by Gasteiger charge is 2.07. The van der Waals surface area contributed by atoms with Crippen molar-refractivity contribution < 1.29 is 18.7 Å². The lowest BCUT2D eigenvalue weighted by atomic mass is 10.1. The van der Waals surface area contributed by atoms with Crippen molar-refractivity contribution in [2.75, 3.05) is 25.6 Å². The van der Waals surface area contributed by atoms with Crippen molar-refractivity contribution in [1.29, 1.82) is 0 Å². The van der Waals surface area contributed by atoms with Crippen LogP contribution in [0.4, 0.5) is 14.9 Å². The number of amides is 2. The first-order valence-corrected chi connectivity index (χ1v) is 7.73. The summed E-state index contributed by atoms with van der Waals surface area (Å²) in [5, 5.41) is 5.17. The van der Waals surface area contributed by atoms with Gasteiger partial charge < -0.3 is 20.1 Å². The minimum absolute atomic E-state index is 0.151. The van der Waals surface area contributed by atoms with Gasteiger partial charge in [-0.1, -0.05) is 18.2 Å². The number of hydrogen-bond acceptors (Lipinski definition) is 3. The van der Waals surface area contributed by atoms with Crippen molar-refractivity contribution in [1.82, 2.24) is 5.32 Å². The fraction of sp³-hybridized carbons (Fsp3) is 0.278. The number of benzene rings is 2. The van der Waals surface area contributed by atoms with E-state index in [1.54, 1.807) is 19.2 Å². The van der Waals surface area contributed by atoms with Crippen LogP contribution in [0.15, 0.2) is 42.5 Å². The number of rotatable bonds is 7. The average molecular weight is 332 g/mol. The van der Waals surface area contributed by atoms with Gasteiger partial charge in [0.05, 0.1) is 19.4 Å². The molecule has 0 aliphatic heterocycles. The summed E-state index contributed by atoms with van der Waals surface area (Å²) in [6, 6.07) is 11.2. The molecule has 6 heteroatoms. The Morgan fingerprint density at radius 3 is 2.67 bits per heavy atom. The molecule has 24 heavy (non-hydrogen) atoms. The number of halogens is 1. The van der Waals surface area contributed by atoms with E-state index < -0.39 is 11.8 Å². The molecule has 2 rings (SSSR count). The van der Waals surface area contributed by atoms with Crippen molar-refractivity contribution >= 4 is 11.7 Å². The van der Waals surface area contributed by atoms with Crippen molar-refractivity contribution in [3.05, 3.63) is 53.8 Å². The SMILES string of the molecule is CCOc1ccc(CCNC(=O)Nc2ccccc2F)cc1OC. The topological polar surface area (TPSA) is 59.6 Å². The fourth-order valence-electron chi connectivity index (χ4n) is 2.19. The molecule has 0 fully saturated rings. The maximum atomic E-state index is 13.5. The van der Waals surface area contributed by atoms with Crippen LogP contribution in [0.2, 0.25) is 0 Å². The number of hydrogen-bond donors (Lipinski definition) is 2. The Hall–Kier alpha value is -2.76. The van der Waals surface area contributed by atoms with Gasteiger partial charge in [-0.15, -0.1) is 0 Å². The number of methoxy groups -OCH3 is 1. The lowest BCUT2D eigenvalue weighted by molar-refractivity contribution is 0.252. The normalized spacial score (nSPS) is 10.1. The lowest BCUT2D eigenvalue weighted by Gasteiger charge is -2.12. The number of carbonyl (C=O) groups is 1. The Labute approximate surface area is 140 Å². The second-order valence-electron chi connectivity index (χ2n) is 5.03. The van der Waals surface area contributed by atoms with E-state index >= 15 is 0 Å². The molecule has 5 nitrogen and oxygen atoms in total. The van der Waals surface area contributed by atoms with Gasteiger partial charge in [-0.05, 0) is 43.2 Å². The van der Waals surface area contributed by atoms with Crippen LogP contribution < -0.4 is 20.1 Å². The number of para-hydroxylation sites is 1. The van der Waals surface area contributed by atoms with Gasteiger partial charge in [0.15, 0.2) is 11.5 Å². The molecular formula is C18H21FN2O3. The Morgan fingerprint density at radius 1 is 1.17 bits per heavy atom. The summed E-state index contributed by atoms with van der Waals surface area (Å²) in [5.41, 5.74) is 1.15. The predicted octanol–water partition coefficient (Wildman–Crippen LogP) is 3.60. The predicted molar refractivity (Wildman–Crippen MR) is 91.3 cm³/mol. The van der Waals surface area contributed by atoms with Gasteiger partial charge in [0.1, 0.15) is 5.82 Å². The molecule has 0 aliphatic carbocycles. The number of ether oxygens (including phenoxy) is 2. The molecule has 2 aromatic carbocycles. The van der Waals surface area contributed by atoms with Crippen LogP contribution in [-0.2, 0) is 6.42 Å². The van der Waals surface area contributed by atoms with Crippen molar-refractivity contribution in [3.63, 3.8) is 0 Å². The summed E-state index contributed by atoms with van der Waals surface area (Å²) in [6.45, 7) is 2.89. The van der Waals surface area contributed by atoms with E-state index in [-0.39, 0.29) is 5.69 Å². The first-order valence-electron chi connectivity index (χ1n) is 7.73. The molecule has 128 valence electrons. The monoisotopic (exact) mass is 332 g/mol. The third-order valence-corrected chi connectivity index (χ3v) is 3.35. The zero-order valence-electron chi connectivity index (χ0n) is 13.8. The highest BCUT2D eigenvalue weighted by atomic mass is 19.1. The highest BCUT2D eigenvalue weighted by molar-refractivity contribution is 5.89. The molecule has 0 aromatic heterocycles. The summed E-state index contributed by atoms with van der Waals surface area (Å²) in [7, 11) is 1.59. The first kappa shape index (κ1) is 17.6. The fourth-order valence-corrected chi connectivity index (χ4v) is 2.19. The van der Waals surface area contributed by atoms with Gasteiger partial charge in [0.25, 0.3) is 0 Å². The van der Waals surface area contributed by atoms with Crippen molar-refractivity contribution in [2.24, 2.45) is 0 Å². The van der Waals surface area contributed by atoms with Gasteiger partial charge >= 0.3 is 6.03 Å². The third-order valence-electron chi connectivity index (χ3n) is 3.35. The van der Waals surface area contributed by atoms with Crippen molar-refractivity contribution in [3.8, 4) is 11.5 Å². The summed E-state index contributed by atoms with van der Waals surface area (Å²) in [5.74, 6) is 0.878. The first-order chi connectivity index (χ1) is 11.6. The van der Waals surface area contributed by atoms with Crippen LogP contribution in [0.3, 0.4) is 0 Å². The quantitative estimate of drug-likeness (QED) is 0.814. The van der Waals surface area contributed by atoms with Gasteiger partial charge in [-0.3, -0.25) is 0 Å². The lowest BCUT2D eigenvalue weighted by Crippen LogP contribution is -2.30. The van der Waals surface area contributed by atoms with Gasteiger partial charge in [-0.25, -0.2) is 9.18 Å². The maximum absolute atomic E-state index is 13.5. The number of anilines is 1. The molecule has 2 N–H and O–H groups in total. The van der Waals surface area contributed by atoms with Crippen LogP contribution in [0.1, 0.15) is 12.5 Å². The smallest absolute Gasteiger partial charge is 0.319 e. The molecule has 0 bridgehead atoms. The van der Waals surface area contributed by atoms with Crippen LogP contribution in [0.5, 0.6) is 11.5 Å². The highest BCUT2D eigenvalue weighted by Crippen LogP contribution is 2.28. The summed E-state index contributed by atoms with van der Waals surface area (Å²) < 4.78 is 24.2. The zero-order chi connectivity index (χ0) is 17.4.